The van der Waals surface area contributed by atoms with Gasteiger partial charge in [0, 0.05) is 0 Å². The van der Waals surface area contributed by atoms with Crippen LogP contribution in [0.25, 0.3) is 0 Å². The fraction of sp³-hybridized carbons (Fsp3) is 0.368. The molecule has 0 aliphatic carbocycles. The first-order valence-corrected chi connectivity index (χ1v) is 8.02. The average Bonchev–Trinajstić information content (AvgIpc) is 2.61. The molecule has 5 nitrogen and oxygen atoms in total. The molecule has 130 valence electrons. The van der Waals surface area contributed by atoms with Crippen molar-refractivity contribution in [2.75, 3.05) is 40.2 Å². The van der Waals surface area contributed by atoms with E-state index in [0.29, 0.717) is 5.69 Å². The summed E-state index contributed by atoms with van der Waals surface area (Å²) in [5.74, 6) is 2.25. The molecule has 0 aromatic heterocycles. The molecule has 0 saturated heterocycles. The van der Waals surface area contributed by atoms with Gasteiger partial charge in [-0.05, 0) is 61.3 Å². The molecule has 0 spiro atoms. The standard InChI is InChI=1S/C19H26N2O3/c1-22-17-6-4-14(12-16(17)20)8-10-21-11-9-15-5-7-18(23-2)19(13-15)24-3/h4-7,12-13,21H,8-11,20H2,1-3H3. The molecule has 0 unspecified atom stereocenters. The number of methoxy groups -OCH3 is 3. The van der Waals surface area contributed by atoms with E-state index < -0.39 is 0 Å². The number of nitrogens with two attached hydrogens (primary N) is 1. The smallest absolute Gasteiger partial charge is 0.160 e. The quantitative estimate of drug-likeness (QED) is 0.547. The zero-order chi connectivity index (χ0) is 17.4. The van der Waals surface area contributed by atoms with E-state index >= 15 is 0 Å². The van der Waals surface area contributed by atoms with Crippen molar-refractivity contribution >= 4 is 5.69 Å². The molecule has 0 aliphatic heterocycles. The van der Waals surface area contributed by atoms with Crippen LogP contribution in [-0.4, -0.2) is 34.4 Å². The second-order valence-corrected chi connectivity index (χ2v) is 5.52. The van der Waals surface area contributed by atoms with Gasteiger partial charge < -0.3 is 25.3 Å². The lowest BCUT2D eigenvalue weighted by atomic mass is 10.1. The molecule has 0 bridgehead atoms. The monoisotopic (exact) mass is 330 g/mol. The highest BCUT2D eigenvalue weighted by Gasteiger charge is 2.04. The molecule has 0 amide bonds. The van der Waals surface area contributed by atoms with Crippen molar-refractivity contribution < 1.29 is 14.2 Å². The highest BCUT2D eigenvalue weighted by atomic mass is 16.5. The SMILES string of the molecule is COc1ccc(CCNCCc2ccc(OC)c(OC)c2)cc1N. The summed E-state index contributed by atoms with van der Waals surface area (Å²) in [6, 6.07) is 11.9. The van der Waals surface area contributed by atoms with Crippen LogP contribution in [0, 0.1) is 0 Å². The van der Waals surface area contributed by atoms with Crippen molar-refractivity contribution in [1.82, 2.24) is 5.32 Å². The second-order valence-electron chi connectivity index (χ2n) is 5.52. The Kier molecular flexibility index (Phi) is 6.75. The Bertz CT molecular complexity index is 659. The normalized spacial score (nSPS) is 10.5. The molecule has 0 atom stereocenters. The number of nitrogens with one attached hydrogen (secondary N) is 1. The van der Waals surface area contributed by atoms with E-state index in [4.69, 9.17) is 19.9 Å². The van der Waals surface area contributed by atoms with Gasteiger partial charge in [0.2, 0.25) is 0 Å². The average molecular weight is 330 g/mol. The van der Waals surface area contributed by atoms with Gasteiger partial charge in [-0.1, -0.05) is 12.1 Å². The van der Waals surface area contributed by atoms with E-state index in [1.165, 1.54) is 11.1 Å². The van der Waals surface area contributed by atoms with Crippen molar-refractivity contribution in [3.05, 3.63) is 47.5 Å². The zero-order valence-electron chi connectivity index (χ0n) is 14.6. The van der Waals surface area contributed by atoms with Crippen LogP contribution in [0.2, 0.25) is 0 Å². The number of anilines is 1. The van der Waals surface area contributed by atoms with Gasteiger partial charge in [0.15, 0.2) is 11.5 Å². The lowest BCUT2D eigenvalue weighted by molar-refractivity contribution is 0.354. The van der Waals surface area contributed by atoms with Gasteiger partial charge in [-0.25, -0.2) is 0 Å². The molecule has 0 fully saturated rings. The molecule has 0 aliphatic rings. The summed E-state index contributed by atoms with van der Waals surface area (Å²) >= 11 is 0. The van der Waals surface area contributed by atoms with Gasteiger partial charge in [0.25, 0.3) is 0 Å². The second kappa shape index (κ2) is 9.03. The Balaban J connectivity index is 1.76. The van der Waals surface area contributed by atoms with Crippen LogP contribution in [0.15, 0.2) is 36.4 Å². The third-order valence-electron chi connectivity index (χ3n) is 3.92. The maximum atomic E-state index is 5.92. The summed E-state index contributed by atoms with van der Waals surface area (Å²) < 4.78 is 15.7. The van der Waals surface area contributed by atoms with Crippen LogP contribution in [0.3, 0.4) is 0 Å². The Morgan fingerprint density at radius 1 is 0.750 bits per heavy atom. The maximum absolute atomic E-state index is 5.92. The Hall–Kier alpha value is -2.40. The molecular formula is C19H26N2O3. The van der Waals surface area contributed by atoms with E-state index in [1.54, 1.807) is 21.3 Å². The van der Waals surface area contributed by atoms with Crippen LogP contribution in [0.5, 0.6) is 17.2 Å². The summed E-state index contributed by atoms with van der Waals surface area (Å²) in [6.45, 7) is 1.81. The minimum absolute atomic E-state index is 0.681. The molecule has 2 aromatic rings. The first-order chi connectivity index (χ1) is 11.7. The molecule has 24 heavy (non-hydrogen) atoms. The number of nitrogen functional groups attached to an aromatic ring is 1. The number of ether oxygens (including phenoxy) is 3. The summed E-state index contributed by atoms with van der Waals surface area (Å²) in [5, 5.41) is 3.45. The van der Waals surface area contributed by atoms with Gasteiger partial charge >= 0.3 is 0 Å². The summed E-state index contributed by atoms with van der Waals surface area (Å²) in [4.78, 5) is 0. The number of hydrogen-bond acceptors (Lipinski definition) is 5. The molecule has 2 rings (SSSR count). The largest absolute Gasteiger partial charge is 0.495 e. The molecular weight excluding hydrogens is 304 g/mol. The van der Waals surface area contributed by atoms with Crippen molar-refractivity contribution in [2.24, 2.45) is 0 Å². The fourth-order valence-electron chi connectivity index (χ4n) is 2.57. The van der Waals surface area contributed by atoms with Crippen LogP contribution < -0.4 is 25.3 Å². The Morgan fingerprint density at radius 3 is 1.83 bits per heavy atom. The molecule has 3 N–H and O–H groups in total. The number of benzene rings is 2. The van der Waals surface area contributed by atoms with Gasteiger partial charge in [-0.3, -0.25) is 0 Å². The minimum Gasteiger partial charge on any atom is -0.495 e. The van der Waals surface area contributed by atoms with E-state index in [-0.39, 0.29) is 0 Å². The predicted octanol–water partition coefficient (Wildman–Crippen LogP) is 2.67. The fourth-order valence-corrected chi connectivity index (χ4v) is 2.57. The summed E-state index contributed by atoms with van der Waals surface area (Å²) in [6.07, 6.45) is 1.87. The summed E-state index contributed by atoms with van der Waals surface area (Å²) in [7, 11) is 4.92. The van der Waals surface area contributed by atoms with Crippen molar-refractivity contribution in [2.45, 2.75) is 12.8 Å². The van der Waals surface area contributed by atoms with Gasteiger partial charge in [-0.2, -0.15) is 0 Å². The minimum atomic E-state index is 0.681. The van der Waals surface area contributed by atoms with E-state index in [0.717, 1.165) is 43.2 Å². The highest BCUT2D eigenvalue weighted by molar-refractivity contribution is 5.54. The van der Waals surface area contributed by atoms with Crippen LogP contribution in [-0.2, 0) is 12.8 Å². The first kappa shape index (κ1) is 17.9. The van der Waals surface area contributed by atoms with Gasteiger partial charge in [0.1, 0.15) is 5.75 Å². The van der Waals surface area contributed by atoms with Crippen LogP contribution in [0.4, 0.5) is 5.69 Å². The lowest BCUT2D eigenvalue weighted by Crippen LogP contribution is -2.20. The van der Waals surface area contributed by atoms with Crippen molar-refractivity contribution in [3.8, 4) is 17.2 Å². The van der Waals surface area contributed by atoms with E-state index in [1.807, 2.05) is 30.3 Å². The molecule has 2 aromatic carbocycles. The molecule has 5 heteroatoms. The zero-order valence-corrected chi connectivity index (χ0v) is 14.6. The topological polar surface area (TPSA) is 65.7 Å². The Morgan fingerprint density at radius 2 is 1.29 bits per heavy atom. The maximum Gasteiger partial charge on any atom is 0.160 e. The molecule has 0 heterocycles. The van der Waals surface area contributed by atoms with Crippen molar-refractivity contribution in [3.63, 3.8) is 0 Å². The van der Waals surface area contributed by atoms with Crippen LogP contribution in [0.1, 0.15) is 11.1 Å². The van der Waals surface area contributed by atoms with Crippen molar-refractivity contribution in [1.29, 1.82) is 0 Å². The first-order valence-electron chi connectivity index (χ1n) is 8.02. The number of rotatable bonds is 9. The summed E-state index contributed by atoms with van der Waals surface area (Å²) in [5.41, 5.74) is 9.02. The molecule has 0 radical (unpaired) electrons. The van der Waals surface area contributed by atoms with Gasteiger partial charge in [-0.15, -0.1) is 0 Å². The number of hydrogen-bond donors (Lipinski definition) is 2. The highest BCUT2D eigenvalue weighted by Crippen LogP contribution is 2.27. The van der Waals surface area contributed by atoms with E-state index in [9.17, 15) is 0 Å². The molecule has 0 saturated carbocycles. The Labute approximate surface area is 143 Å². The third-order valence-corrected chi connectivity index (χ3v) is 3.92. The predicted molar refractivity (Wildman–Crippen MR) is 97.2 cm³/mol. The van der Waals surface area contributed by atoms with E-state index in [2.05, 4.69) is 11.4 Å². The van der Waals surface area contributed by atoms with Crippen LogP contribution >= 0.6 is 0 Å². The lowest BCUT2D eigenvalue weighted by Gasteiger charge is -2.10. The van der Waals surface area contributed by atoms with Gasteiger partial charge in [0.05, 0.1) is 27.0 Å². The third kappa shape index (κ3) is 4.80.